The second-order valence-electron chi connectivity index (χ2n) is 9.07. The van der Waals surface area contributed by atoms with E-state index in [2.05, 4.69) is 10.0 Å². The van der Waals surface area contributed by atoms with Crippen LogP contribution in [0.5, 0.6) is 5.75 Å². The van der Waals surface area contributed by atoms with Crippen LogP contribution in [0.4, 0.5) is 0 Å². The zero-order valence-electron chi connectivity index (χ0n) is 16.8. The molecular weight excluding hydrogens is 376 g/mol. The second-order valence-corrected chi connectivity index (χ2v) is 10.8. The first-order valence-corrected chi connectivity index (χ1v) is 11.8. The molecule has 4 aliphatic rings. The number of ether oxygens (including phenoxy) is 1. The normalized spacial score (nSPS) is 31.2. The van der Waals surface area contributed by atoms with Crippen molar-refractivity contribution < 1.29 is 17.9 Å². The Balaban J connectivity index is 1.56. The number of hydrogen-bond donors (Lipinski definition) is 2. The molecule has 1 amide bonds. The quantitative estimate of drug-likeness (QED) is 0.761. The summed E-state index contributed by atoms with van der Waals surface area (Å²) < 4.78 is 33.1. The monoisotopic (exact) mass is 406 g/mol. The van der Waals surface area contributed by atoms with Gasteiger partial charge in [0.25, 0.3) is 5.91 Å². The minimum absolute atomic E-state index is 0.00133. The maximum absolute atomic E-state index is 13.0. The molecule has 6 nitrogen and oxygen atoms in total. The van der Waals surface area contributed by atoms with Gasteiger partial charge in [-0.25, -0.2) is 13.1 Å². The number of carbonyl (C=O) groups excluding carboxylic acids is 1. The van der Waals surface area contributed by atoms with Crippen LogP contribution in [0.15, 0.2) is 23.1 Å². The van der Waals surface area contributed by atoms with Gasteiger partial charge in [-0.3, -0.25) is 4.79 Å². The van der Waals surface area contributed by atoms with Crippen molar-refractivity contribution in [3.8, 4) is 5.75 Å². The zero-order valence-corrected chi connectivity index (χ0v) is 17.6. The van der Waals surface area contributed by atoms with Gasteiger partial charge in [0.2, 0.25) is 10.0 Å². The molecule has 4 fully saturated rings. The second kappa shape index (κ2) is 7.34. The van der Waals surface area contributed by atoms with E-state index in [9.17, 15) is 13.2 Å². The highest BCUT2D eigenvalue weighted by Crippen LogP contribution is 2.53. The number of carbonyl (C=O) groups is 1. The van der Waals surface area contributed by atoms with Gasteiger partial charge in [0.15, 0.2) is 0 Å². The zero-order chi connectivity index (χ0) is 20.1. The Morgan fingerprint density at radius 1 is 1.07 bits per heavy atom. The largest absolute Gasteiger partial charge is 0.495 e. The number of sulfonamides is 1. The standard InChI is InChI=1S/C21H30N2O4S/c1-12(2)23-28(25,26)19-11-15(4-5-18(19)27-3)21(24)22-20-16-7-13-6-14(9-16)10-17(20)8-13/h4-5,11-14,16-17,20,23H,6-10H2,1-3H3,(H,22,24). The van der Waals surface area contributed by atoms with Gasteiger partial charge < -0.3 is 10.1 Å². The molecule has 2 N–H and O–H groups in total. The first-order valence-electron chi connectivity index (χ1n) is 10.3. The van der Waals surface area contributed by atoms with Gasteiger partial charge in [0.05, 0.1) is 7.11 Å². The van der Waals surface area contributed by atoms with E-state index in [1.807, 2.05) is 0 Å². The number of amides is 1. The molecule has 0 aliphatic heterocycles. The van der Waals surface area contributed by atoms with E-state index in [1.165, 1.54) is 45.3 Å². The summed E-state index contributed by atoms with van der Waals surface area (Å²) in [6.45, 7) is 3.51. The molecule has 154 valence electrons. The van der Waals surface area contributed by atoms with Crippen LogP contribution in [0, 0.1) is 23.7 Å². The van der Waals surface area contributed by atoms with Crippen molar-refractivity contribution in [2.24, 2.45) is 23.7 Å². The molecule has 0 heterocycles. The van der Waals surface area contributed by atoms with E-state index in [0.29, 0.717) is 17.4 Å². The van der Waals surface area contributed by atoms with Crippen LogP contribution in [-0.4, -0.2) is 33.5 Å². The van der Waals surface area contributed by atoms with Crippen LogP contribution in [0.25, 0.3) is 0 Å². The molecule has 0 atom stereocenters. The summed E-state index contributed by atoms with van der Waals surface area (Å²) in [5.74, 6) is 2.87. The SMILES string of the molecule is COc1ccc(C(=O)NC2C3CC4CC(C3)CC2C4)cc1S(=O)(=O)NC(C)C. The molecule has 1 aromatic rings. The maximum atomic E-state index is 13.0. The van der Waals surface area contributed by atoms with Gasteiger partial charge >= 0.3 is 0 Å². The number of benzene rings is 1. The summed E-state index contributed by atoms with van der Waals surface area (Å²) in [4.78, 5) is 13.0. The number of hydrogen-bond acceptors (Lipinski definition) is 4. The van der Waals surface area contributed by atoms with E-state index >= 15 is 0 Å². The molecule has 4 saturated carbocycles. The minimum Gasteiger partial charge on any atom is -0.495 e. The van der Waals surface area contributed by atoms with E-state index < -0.39 is 10.0 Å². The highest BCUT2D eigenvalue weighted by Gasteiger charge is 2.48. The van der Waals surface area contributed by atoms with Gasteiger partial charge in [0, 0.05) is 17.6 Å². The van der Waals surface area contributed by atoms with Crippen LogP contribution in [0.1, 0.15) is 56.3 Å². The first-order chi connectivity index (χ1) is 13.3. The van der Waals surface area contributed by atoms with Crippen LogP contribution < -0.4 is 14.8 Å². The summed E-state index contributed by atoms with van der Waals surface area (Å²) in [5.41, 5.74) is 0.360. The summed E-state index contributed by atoms with van der Waals surface area (Å²) in [5, 5.41) is 3.24. The molecule has 28 heavy (non-hydrogen) atoms. The molecule has 0 spiro atoms. The molecule has 7 heteroatoms. The maximum Gasteiger partial charge on any atom is 0.251 e. The van der Waals surface area contributed by atoms with Crippen molar-refractivity contribution in [1.82, 2.24) is 10.0 Å². The molecular formula is C21H30N2O4S. The Labute approximate surface area is 167 Å². The van der Waals surface area contributed by atoms with Gasteiger partial charge in [-0.1, -0.05) is 0 Å². The predicted molar refractivity (Wildman–Crippen MR) is 107 cm³/mol. The van der Waals surface area contributed by atoms with Gasteiger partial charge in [-0.2, -0.15) is 0 Å². The molecule has 4 bridgehead atoms. The van der Waals surface area contributed by atoms with Crippen molar-refractivity contribution in [2.75, 3.05) is 7.11 Å². The lowest BCUT2D eigenvalue weighted by Crippen LogP contribution is -2.55. The lowest BCUT2D eigenvalue weighted by Gasteiger charge is -2.54. The molecule has 5 rings (SSSR count). The van der Waals surface area contributed by atoms with Crippen molar-refractivity contribution >= 4 is 15.9 Å². The fraction of sp³-hybridized carbons (Fsp3) is 0.667. The van der Waals surface area contributed by atoms with Crippen molar-refractivity contribution in [2.45, 2.75) is 62.9 Å². The molecule has 0 unspecified atom stereocenters. The number of rotatable bonds is 6. The van der Waals surface area contributed by atoms with Crippen molar-refractivity contribution in [3.63, 3.8) is 0 Å². The van der Waals surface area contributed by atoms with E-state index in [-0.39, 0.29) is 28.6 Å². The summed E-state index contributed by atoms with van der Waals surface area (Å²) in [7, 11) is -2.33. The van der Waals surface area contributed by atoms with Gasteiger partial charge in [-0.05, 0) is 87.8 Å². The topological polar surface area (TPSA) is 84.5 Å². The van der Waals surface area contributed by atoms with Crippen LogP contribution >= 0.6 is 0 Å². The Bertz CT molecular complexity index is 837. The van der Waals surface area contributed by atoms with Gasteiger partial charge in [0.1, 0.15) is 10.6 Å². The average Bonchev–Trinajstić information content (AvgIpc) is 2.62. The third-order valence-electron chi connectivity index (χ3n) is 6.63. The number of methoxy groups -OCH3 is 1. The lowest BCUT2D eigenvalue weighted by atomic mass is 9.54. The molecule has 0 aromatic heterocycles. The highest BCUT2D eigenvalue weighted by molar-refractivity contribution is 7.89. The average molecular weight is 407 g/mol. The summed E-state index contributed by atoms with van der Waals surface area (Å²) in [6, 6.07) is 4.59. The van der Waals surface area contributed by atoms with Crippen LogP contribution in [-0.2, 0) is 10.0 Å². The van der Waals surface area contributed by atoms with Crippen LogP contribution in [0.2, 0.25) is 0 Å². The highest BCUT2D eigenvalue weighted by atomic mass is 32.2. The summed E-state index contributed by atoms with van der Waals surface area (Å²) >= 11 is 0. The summed E-state index contributed by atoms with van der Waals surface area (Å²) in [6.07, 6.45) is 6.25. The Morgan fingerprint density at radius 3 is 2.21 bits per heavy atom. The third kappa shape index (κ3) is 3.66. The fourth-order valence-electron chi connectivity index (χ4n) is 5.80. The van der Waals surface area contributed by atoms with E-state index in [1.54, 1.807) is 26.0 Å². The van der Waals surface area contributed by atoms with Gasteiger partial charge in [-0.15, -0.1) is 0 Å². The van der Waals surface area contributed by atoms with Crippen molar-refractivity contribution in [3.05, 3.63) is 23.8 Å². The molecule has 0 radical (unpaired) electrons. The van der Waals surface area contributed by atoms with E-state index in [0.717, 1.165) is 11.8 Å². The minimum atomic E-state index is -3.76. The Morgan fingerprint density at radius 2 is 1.68 bits per heavy atom. The predicted octanol–water partition coefficient (Wildman–Crippen LogP) is 2.94. The van der Waals surface area contributed by atoms with Crippen LogP contribution in [0.3, 0.4) is 0 Å². The fourth-order valence-corrected chi connectivity index (χ4v) is 7.24. The Hall–Kier alpha value is -1.60. The third-order valence-corrected chi connectivity index (χ3v) is 8.31. The molecule has 0 saturated heterocycles. The van der Waals surface area contributed by atoms with E-state index in [4.69, 9.17) is 4.74 Å². The molecule has 4 aliphatic carbocycles. The first kappa shape index (κ1) is 19.7. The van der Waals surface area contributed by atoms with Crippen molar-refractivity contribution in [1.29, 1.82) is 0 Å². The Kier molecular flexibility index (Phi) is 5.16. The lowest BCUT2D eigenvalue weighted by molar-refractivity contribution is -0.0119. The number of nitrogens with one attached hydrogen (secondary N) is 2. The smallest absolute Gasteiger partial charge is 0.251 e. The molecule has 1 aromatic carbocycles.